The van der Waals surface area contributed by atoms with E-state index in [0.29, 0.717) is 12.3 Å². The minimum Gasteiger partial charge on any atom is -0.330 e. The fourth-order valence-electron chi connectivity index (χ4n) is 3.05. The molecule has 0 spiro atoms. The van der Waals surface area contributed by atoms with Crippen molar-refractivity contribution in [2.24, 2.45) is 5.73 Å². The van der Waals surface area contributed by atoms with Crippen LogP contribution in [0.4, 0.5) is 0 Å². The summed E-state index contributed by atoms with van der Waals surface area (Å²) in [6, 6.07) is 2.21. The molecule has 0 bridgehead atoms. The highest BCUT2D eigenvalue weighted by Crippen LogP contribution is 2.36. The number of nitrogens with zero attached hydrogens (tertiary/aromatic N) is 3. The Balaban J connectivity index is 2.33. The fourth-order valence-corrected chi connectivity index (χ4v) is 3.05. The van der Waals surface area contributed by atoms with Gasteiger partial charge in [0.15, 0.2) is 0 Å². The Hall–Kier alpha value is -1.34. The van der Waals surface area contributed by atoms with E-state index in [1.165, 1.54) is 29.8 Å². The van der Waals surface area contributed by atoms with Crippen molar-refractivity contribution >= 4 is 0 Å². The molecule has 0 saturated heterocycles. The highest BCUT2D eigenvalue weighted by Gasteiger charge is 2.27. The summed E-state index contributed by atoms with van der Waals surface area (Å²) in [6.45, 7) is 3.64. The Labute approximate surface area is 109 Å². The van der Waals surface area contributed by atoms with Crippen LogP contribution in [0.25, 0.3) is 0 Å². The quantitative estimate of drug-likeness (QED) is 0.865. The van der Waals surface area contributed by atoms with E-state index in [1.54, 1.807) is 0 Å². The zero-order chi connectivity index (χ0) is 13.0. The number of aromatic nitrogens is 2. The van der Waals surface area contributed by atoms with E-state index in [1.807, 2.05) is 0 Å². The third-order valence-electron chi connectivity index (χ3n) is 3.83. The van der Waals surface area contributed by atoms with Crippen LogP contribution in [0.15, 0.2) is 0 Å². The molecular formula is C14H22N4. The van der Waals surface area contributed by atoms with Crippen molar-refractivity contribution in [3.05, 3.63) is 17.0 Å². The predicted octanol–water partition coefficient (Wildman–Crippen LogP) is 2.13. The summed E-state index contributed by atoms with van der Waals surface area (Å²) in [5.41, 5.74) is 9.77. The first-order valence-corrected chi connectivity index (χ1v) is 6.97. The molecule has 2 rings (SSSR count). The van der Waals surface area contributed by atoms with Crippen LogP contribution in [0.3, 0.4) is 0 Å². The molecule has 0 saturated carbocycles. The van der Waals surface area contributed by atoms with Gasteiger partial charge >= 0.3 is 0 Å². The van der Waals surface area contributed by atoms with Gasteiger partial charge < -0.3 is 5.73 Å². The number of hydrogen-bond acceptors (Lipinski definition) is 3. The largest absolute Gasteiger partial charge is 0.330 e. The number of nitriles is 1. The smallest absolute Gasteiger partial charge is 0.0659 e. The van der Waals surface area contributed by atoms with Crippen LogP contribution in [0.1, 0.15) is 55.5 Å². The average molecular weight is 246 g/mol. The van der Waals surface area contributed by atoms with E-state index in [0.717, 1.165) is 32.4 Å². The number of hydrogen-bond donors (Lipinski definition) is 1. The SMILES string of the molecule is CCc1nn(CCC#N)c2c1C(CCN)CCC2. The molecule has 1 aliphatic rings. The summed E-state index contributed by atoms with van der Waals surface area (Å²) < 4.78 is 2.07. The molecule has 4 nitrogen and oxygen atoms in total. The summed E-state index contributed by atoms with van der Waals surface area (Å²) in [5.74, 6) is 0.588. The molecule has 1 aliphatic carbocycles. The molecular weight excluding hydrogens is 224 g/mol. The van der Waals surface area contributed by atoms with Crippen LogP contribution in [0.2, 0.25) is 0 Å². The summed E-state index contributed by atoms with van der Waals surface area (Å²) in [6.07, 6.45) is 6.14. The molecule has 0 amide bonds. The van der Waals surface area contributed by atoms with Crippen molar-refractivity contribution in [1.29, 1.82) is 5.26 Å². The predicted molar refractivity (Wildman–Crippen MR) is 71.2 cm³/mol. The summed E-state index contributed by atoms with van der Waals surface area (Å²) in [5, 5.41) is 13.4. The highest BCUT2D eigenvalue weighted by atomic mass is 15.3. The Morgan fingerprint density at radius 1 is 1.56 bits per heavy atom. The maximum absolute atomic E-state index is 8.72. The van der Waals surface area contributed by atoms with Gasteiger partial charge in [-0.05, 0) is 50.1 Å². The van der Waals surface area contributed by atoms with Gasteiger partial charge in [0.05, 0.1) is 24.7 Å². The van der Waals surface area contributed by atoms with E-state index < -0.39 is 0 Å². The van der Waals surface area contributed by atoms with Crippen molar-refractivity contribution in [2.45, 2.75) is 57.9 Å². The van der Waals surface area contributed by atoms with Gasteiger partial charge in [0, 0.05) is 5.69 Å². The van der Waals surface area contributed by atoms with E-state index in [-0.39, 0.29) is 0 Å². The van der Waals surface area contributed by atoms with Crippen molar-refractivity contribution in [3.8, 4) is 6.07 Å². The molecule has 18 heavy (non-hydrogen) atoms. The normalized spacial score (nSPS) is 18.4. The standard InChI is InChI=1S/C14H22N4/c1-2-12-14-11(7-9-16)5-3-6-13(14)18(17-12)10-4-8-15/h11H,2-7,9-10,16H2,1H3. The third kappa shape index (κ3) is 2.41. The van der Waals surface area contributed by atoms with Gasteiger partial charge in [-0.2, -0.15) is 10.4 Å². The molecule has 2 N–H and O–H groups in total. The van der Waals surface area contributed by atoms with Crippen molar-refractivity contribution in [3.63, 3.8) is 0 Å². The molecule has 1 aromatic heterocycles. The van der Waals surface area contributed by atoms with Crippen LogP contribution in [-0.2, 0) is 19.4 Å². The summed E-state index contributed by atoms with van der Waals surface area (Å²) in [7, 11) is 0. The third-order valence-corrected chi connectivity index (χ3v) is 3.83. The number of nitrogens with two attached hydrogens (primary N) is 1. The van der Waals surface area contributed by atoms with E-state index in [4.69, 9.17) is 16.1 Å². The average Bonchev–Trinajstić information content (AvgIpc) is 2.76. The zero-order valence-corrected chi connectivity index (χ0v) is 11.2. The second kappa shape index (κ2) is 6.01. The van der Waals surface area contributed by atoms with Gasteiger partial charge in [-0.25, -0.2) is 0 Å². The second-order valence-corrected chi connectivity index (χ2v) is 4.96. The maximum atomic E-state index is 8.72. The Kier molecular flexibility index (Phi) is 4.38. The minimum atomic E-state index is 0.541. The lowest BCUT2D eigenvalue weighted by atomic mass is 9.82. The molecule has 4 heteroatoms. The fraction of sp³-hybridized carbons (Fsp3) is 0.714. The Morgan fingerprint density at radius 3 is 3.06 bits per heavy atom. The Bertz CT molecular complexity index is 441. The van der Waals surface area contributed by atoms with Crippen LogP contribution in [0.5, 0.6) is 0 Å². The number of fused-ring (bicyclic) bond motifs is 1. The summed E-state index contributed by atoms with van der Waals surface area (Å²) in [4.78, 5) is 0. The highest BCUT2D eigenvalue weighted by molar-refractivity contribution is 5.33. The number of rotatable bonds is 5. The van der Waals surface area contributed by atoms with Gasteiger partial charge in [0.25, 0.3) is 0 Å². The molecule has 1 atom stereocenters. The molecule has 0 aliphatic heterocycles. The van der Waals surface area contributed by atoms with Crippen molar-refractivity contribution in [1.82, 2.24) is 9.78 Å². The van der Waals surface area contributed by atoms with Crippen LogP contribution in [-0.4, -0.2) is 16.3 Å². The van der Waals surface area contributed by atoms with Gasteiger partial charge in [0.1, 0.15) is 0 Å². The second-order valence-electron chi connectivity index (χ2n) is 4.96. The van der Waals surface area contributed by atoms with E-state index in [9.17, 15) is 0 Å². The van der Waals surface area contributed by atoms with Crippen molar-refractivity contribution < 1.29 is 0 Å². The molecule has 1 heterocycles. The number of aryl methyl sites for hydroxylation is 2. The van der Waals surface area contributed by atoms with Gasteiger partial charge in [0.2, 0.25) is 0 Å². The van der Waals surface area contributed by atoms with Gasteiger partial charge in [-0.15, -0.1) is 0 Å². The van der Waals surface area contributed by atoms with Crippen molar-refractivity contribution in [2.75, 3.05) is 6.54 Å². The van der Waals surface area contributed by atoms with E-state index >= 15 is 0 Å². The topological polar surface area (TPSA) is 67.6 Å². The zero-order valence-electron chi connectivity index (χ0n) is 11.2. The minimum absolute atomic E-state index is 0.541. The molecule has 1 unspecified atom stereocenters. The van der Waals surface area contributed by atoms with Crippen LogP contribution in [0, 0.1) is 11.3 Å². The lowest BCUT2D eigenvalue weighted by molar-refractivity contribution is 0.498. The molecule has 0 radical (unpaired) electrons. The molecule has 0 aromatic carbocycles. The first-order chi connectivity index (χ1) is 8.81. The first kappa shape index (κ1) is 13.1. The molecule has 1 aromatic rings. The lowest BCUT2D eigenvalue weighted by Gasteiger charge is -2.23. The van der Waals surface area contributed by atoms with Gasteiger partial charge in [-0.1, -0.05) is 6.92 Å². The lowest BCUT2D eigenvalue weighted by Crippen LogP contribution is -2.16. The molecule has 0 fully saturated rings. The van der Waals surface area contributed by atoms with Crippen LogP contribution >= 0.6 is 0 Å². The Morgan fingerprint density at radius 2 is 2.39 bits per heavy atom. The monoisotopic (exact) mass is 246 g/mol. The maximum Gasteiger partial charge on any atom is 0.0659 e. The first-order valence-electron chi connectivity index (χ1n) is 6.97. The molecule has 98 valence electrons. The summed E-state index contributed by atoms with van der Waals surface area (Å²) >= 11 is 0. The van der Waals surface area contributed by atoms with Crippen LogP contribution < -0.4 is 5.73 Å². The van der Waals surface area contributed by atoms with Gasteiger partial charge in [-0.3, -0.25) is 4.68 Å². The van der Waals surface area contributed by atoms with E-state index in [2.05, 4.69) is 17.7 Å².